The van der Waals surface area contributed by atoms with Crippen LogP contribution < -0.4 is 0 Å². The Bertz CT molecular complexity index is 348. The fraction of sp³-hybridized carbons (Fsp3) is 0.900. The molecule has 0 aliphatic rings. The smallest absolute Gasteiger partial charge is 0.201 e. The lowest BCUT2D eigenvalue weighted by molar-refractivity contribution is -0.115. The van der Waals surface area contributed by atoms with Gasteiger partial charge >= 0.3 is 0 Å². The first-order valence-electron chi connectivity index (χ1n) is 10.4. The summed E-state index contributed by atoms with van der Waals surface area (Å²) in [6.07, 6.45) is 12.9. The normalized spacial score (nSPS) is 14.8. The molecule has 0 bridgehead atoms. The minimum atomic E-state index is -1.75. The number of carbonyl (C=O) groups excluding carboxylic acids is 2. The molecule has 0 aliphatic heterocycles. The van der Waals surface area contributed by atoms with Crippen molar-refractivity contribution < 1.29 is 14.1 Å². The Labute approximate surface area is 173 Å². The molecule has 0 saturated heterocycles. The Morgan fingerprint density at radius 2 is 1.12 bits per heavy atom. The van der Waals surface area contributed by atoms with E-state index >= 15 is 0 Å². The molecular formula is C20H39O3PS2. The van der Waals surface area contributed by atoms with E-state index in [4.69, 9.17) is 4.52 Å². The van der Waals surface area contributed by atoms with Crippen molar-refractivity contribution in [2.75, 3.05) is 6.61 Å². The molecule has 0 aromatic rings. The Morgan fingerprint density at radius 1 is 0.731 bits per heavy atom. The lowest BCUT2D eigenvalue weighted by atomic mass is 10.1. The molecule has 2 atom stereocenters. The summed E-state index contributed by atoms with van der Waals surface area (Å²) in [6.45, 7) is 6.57. The minimum Gasteiger partial charge on any atom is -0.345 e. The number of carbonyl (C=O) groups is 2. The molecule has 154 valence electrons. The number of unbranched alkanes of at least 4 members (excludes halogenated alkanes) is 8. The summed E-state index contributed by atoms with van der Waals surface area (Å²) < 4.78 is 5.57. The highest BCUT2D eigenvalue weighted by Crippen LogP contribution is 2.44. The van der Waals surface area contributed by atoms with E-state index in [0.717, 1.165) is 38.5 Å². The summed E-state index contributed by atoms with van der Waals surface area (Å²) in [5.41, 5.74) is -0.258. The van der Waals surface area contributed by atoms with Gasteiger partial charge < -0.3 is 4.52 Å². The van der Waals surface area contributed by atoms with Crippen molar-refractivity contribution >= 4 is 44.5 Å². The van der Waals surface area contributed by atoms with Crippen LogP contribution in [0.4, 0.5) is 0 Å². The molecule has 0 rings (SSSR count). The van der Waals surface area contributed by atoms with Crippen LogP contribution in [0.25, 0.3) is 0 Å². The summed E-state index contributed by atoms with van der Waals surface area (Å²) in [6, 6.07) is 0. The Balaban J connectivity index is 4.43. The van der Waals surface area contributed by atoms with Crippen LogP contribution >= 0.6 is 33.4 Å². The molecule has 3 nitrogen and oxygen atoms in total. The number of hydrogen-bond acceptors (Lipinski definition) is 5. The van der Waals surface area contributed by atoms with Gasteiger partial charge in [-0.1, -0.05) is 78.1 Å². The Morgan fingerprint density at radius 3 is 1.46 bits per heavy atom. The van der Waals surface area contributed by atoms with E-state index in [9.17, 15) is 9.59 Å². The van der Waals surface area contributed by atoms with E-state index in [1.165, 1.54) is 38.5 Å². The van der Waals surface area contributed by atoms with Crippen molar-refractivity contribution in [2.24, 2.45) is 0 Å². The van der Waals surface area contributed by atoms with Crippen LogP contribution in [0.2, 0.25) is 0 Å². The van der Waals surface area contributed by atoms with E-state index in [-0.39, 0.29) is 11.0 Å². The molecule has 0 aromatic heterocycles. The van der Waals surface area contributed by atoms with Gasteiger partial charge in [-0.15, -0.1) is 0 Å². The van der Waals surface area contributed by atoms with Crippen LogP contribution in [-0.4, -0.2) is 28.2 Å². The highest BCUT2D eigenvalue weighted by molar-refractivity contribution is 7.93. The number of thiol groups is 2. The van der Waals surface area contributed by atoms with Gasteiger partial charge in [-0.2, -0.15) is 25.3 Å². The maximum atomic E-state index is 12.7. The molecule has 0 amide bonds. The molecule has 0 radical (unpaired) electrons. The van der Waals surface area contributed by atoms with Crippen LogP contribution in [0.1, 0.15) is 97.8 Å². The van der Waals surface area contributed by atoms with Crippen molar-refractivity contribution in [3.8, 4) is 0 Å². The molecule has 0 aliphatic carbocycles. The monoisotopic (exact) mass is 422 g/mol. The van der Waals surface area contributed by atoms with Crippen molar-refractivity contribution in [3.05, 3.63) is 0 Å². The van der Waals surface area contributed by atoms with E-state index in [1.807, 2.05) is 6.92 Å². The highest BCUT2D eigenvalue weighted by Gasteiger charge is 2.34. The first-order valence-corrected chi connectivity index (χ1v) is 12.7. The maximum absolute atomic E-state index is 12.7. The van der Waals surface area contributed by atoms with Crippen molar-refractivity contribution in [1.29, 1.82) is 0 Å². The summed E-state index contributed by atoms with van der Waals surface area (Å²) in [4.78, 5) is 25.4. The van der Waals surface area contributed by atoms with Gasteiger partial charge in [-0.05, 0) is 19.8 Å². The van der Waals surface area contributed by atoms with Crippen LogP contribution in [0, 0.1) is 0 Å². The lowest BCUT2D eigenvalue weighted by Crippen LogP contribution is -2.23. The summed E-state index contributed by atoms with van der Waals surface area (Å²) in [5.74, 6) is 0. The second kappa shape index (κ2) is 17.5. The largest absolute Gasteiger partial charge is 0.345 e. The van der Waals surface area contributed by atoms with Crippen LogP contribution in [0.3, 0.4) is 0 Å². The van der Waals surface area contributed by atoms with Crippen LogP contribution in [0.15, 0.2) is 0 Å². The van der Waals surface area contributed by atoms with Crippen LogP contribution in [0.5, 0.6) is 0 Å². The zero-order chi connectivity index (χ0) is 19.8. The first kappa shape index (κ1) is 26.4. The van der Waals surface area contributed by atoms with E-state index in [0.29, 0.717) is 6.61 Å². The van der Waals surface area contributed by atoms with E-state index in [1.54, 1.807) is 0 Å². The summed E-state index contributed by atoms with van der Waals surface area (Å²) in [5, 5.41) is -0.799. The predicted molar refractivity (Wildman–Crippen MR) is 121 cm³/mol. The third kappa shape index (κ3) is 12.0. The quantitative estimate of drug-likeness (QED) is 0.145. The molecule has 0 heterocycles. The fourth-order valence-corrected chi connectivity index (χ4v) is 5.29. The summed E-state index contributed by atoms with van der Waals surface area (Å²) >= 11 is 8.93. The molecule has 0 N–H and O–H groups in total. The van der Waals surface area contributed by atoms with E-state index < -0.39 is 18.6 Å². The average molecular weight is 423 g/mol. The van der Waals surface area contributed by atoms with Gasteiger partial charge in [0.2, 0.25) is 11.0 Å². The minimum absolute atomic E-state index is 0.129. The fourth-order valence-electron chi connectivity index (χ4n) is 2.77. The van der Waals surface area contributed by atoms with Gasteiger partial charge in [0.15, 0.2) is 8.15 Å². The second-order valence-electron chi connectivity index (χ2n) is 6.83. The summed E-state index contributed by atoms with van der Waals surface area (Å²) in [7, 11) is -1.75. The number of rotatable bonds is 18. The van der Waals surface area contributed by atoms with E-state index in [2.05, 4.69) is 39.1 Å². The maximum Gasteiger partial charge on any atom is 0.201 e. The molecule has 6 heteroatoms. The van der Waals surface area contributed by atoms with Gasteiger partial charge in [-0.3, -0.25) is 9.59 Å². The third-order valence-electron chi connectivity index (χ3n) is 4.39. The standard InChI is InChI=1S/C20H39O3PS2/c1-4-7-9-11-13-15-17(25)19(21)24(23-6-3)20(22)18(26)16-14-12-10-8-5-2/h17-18,25-26H,4-16H2,1-3H3. The van der Waals surface area contributed by atoms with Gasteiger partial charge in [0.1, 0.15) is 0 Å². The molecule has 0 aromatic carbocycles. The Hall–Kier alpha value is 0.430. The first-order chi connectivity index (χ1) is 12.5. The lowest BCUT2D eigenvalue weighted by Gasteiger charge is -2.20. The van der Waals surface area contributed by atoms with Gasteiger partial charge in [0.25, 0.3) is 0 Å². The Kier molecular flexibility index (Phi) is 17.8. The zero-order valence-electron chi connectivity index (χ0n) is 16.9. The van der Waals surface area contributed by atoms with Crippen molar-refractivity contribution in [1.82, 2.24) is 0 Å². The van der Waals surface area contributed by atoms with Gasteiger partial charge in [0, 0.05) is 6.61 Å². The van der Waals surface area contributed by atoms with Gasteiger partial charge in [0.05, 0.1) is 10.5 Å². The average Bonchev–Trinajstić information content (AvgIpc) is 2.64. The van der Waals surface area contributed by atoms with Crippen molar-refractivity contribution in [2.45, 2.75) is 108 Å². The SMILES string of the molecule is CCCCCCCC(S)C(=O)P(OCC)C(=O)C(S)CCCCCCC. The molecule has 26 heavy (non-hydrogen) atoms. The molecule has 2 unspecified atom stereocenters. The highest BCUT2D eigenvalue weighted by atomic mass is 32.1. The second-order valence-corrected chi connectivity index (χ2v) is 9.80. The van der Waals surface area contributed by atoms with Crippen LogP contribution in [-0.2, 0) is 14.1 Å². The topological polar surface area (TPSA) is 43.4 Å². The third-order valence-corrected chi connectivity index (χ3v) is 7.72. The molecule has 0 saturated carbocycles. The molecule has 0 spiro atoms. The predicted octanol–water partition coefficient (Wildman–Crippen LogP) is 6.79. The zero-order valence-corrected chi connectivity index (χ0v) is 19.6. The van der Waals surface area contributed by atoms with Gasteiger partial charge in [-0.25, -0.2) is 0 Å². The number of hydrogen-bond donors (Lipinski definition) is 2. The molecular weight excluding hydrogens is 383 g/mol. The van der Waals surface area contributed by atoms with Crippen molar-refractivity contribution in [3.63, 3.8) is 0 Å². The molecule has 0 fully saturated rings.